The van der Waals surface area contributed by atoms with Crippen LogP contribution in [-0.4, -0.2) is 27.7 Å². The average Bonchev–Trinajstić information content (AvgIpc) is 2.81. The second-order valence-corrected chi connectivity index (χ2v) is 7.66. The quantitative estimate of drug-likeness (QED) is 0.726. The summed E-state index contributed by atoms with van der Waals surface area (Å²) in [6.45, 7) is 2.06. The van der Waals surface area contributed by atoms with E-state index in [-0.39, 0.29) is 5.91 Å². The van der Waals surface area contributed by atoms with Gasteiger partial charge in [-0.05, 0) is 44.7 Å². The number of piperidine rings is 1. The minimum atomic E-state index is 0.259. The van der Waals surface area contributed by atoms with Crippen molar-refractivity contribution in [3.63, 3.8) is 0 Å². The number of aryl methyl sites for hydroxylation is 1. The van der Waals surface area contributed by atoms with E-state index in [1.807, 2.05) is 12.1 Å². The van der Waals surface area contributed by atoms with Gasteiger partial charge in [0.2, 0.25) is 0 Å². The Kier molecular flexibility index (Phi) is 3.03. The highest BCUT2D eigenvalue weighted by Gasteiger charge is 2.42. The number of alkyl halides is 1. The standard InChI is InChI=1S/C13H16BrNOS/c1-8-2-5-12(17-8)13(16)15-10-3-4-11(15)7-9(14)6-10/h2,5,9-11H,3-4,6-7H2,1H3. The molecule has 92 valence electrons. The molecule has 2 bridgehead atoms. The lowest BCUT2D eigenvalue weighted by molar-refractivity contribution is 0.0608. The Morgan fingerprint density at radius 1 is 1.35 bits per heavy atom. The molecular weight excluding hydrogens is 298 g/mol. The van der Waals surface area contributed by atoms with Crippen molar-refractivity contribution in [2.75, 3.05) is 0 Å². The van der Waals surface area contributed by atoms with Gasteiger partial charge in [-0.2, -0.15) is 0 Å². The van der Waals surface area contributed by atoms with E-state index in [4.69, 9.17) is 0 Å². The van der Waals surface area contributed by atoms with Crippen LogP contribution in [0.3, 0.4) is 0 Å². The molecule has 0 N–H and O–H groups in total. The summed E-state index contributed by atoms with van der Waals surface area (Å²) in [5.41, 5.74) is 0. The number of nitrogens with zero attached hydrogens (tertiary/aromatic N) is 1. The topological polar surface area (TPSA) is 20.3 Å². The van der Waals surface area contributed by atoms with Gasteiger partial charge in [-0.3, -0.25) is 4.79 Å². The van der Waals surface area contributed by atoms with Crippen LogP contribution in [0.25, 0.3) is 0 Å². The van der Waals surface area contributed by atoms with Crippen LogP contribution in [0.1, 0.15) is 40.2 Å². The lowest BCUT2D eigenvalue weighted by Gasteiger charge is -2.36. The van der Waals surface area contributed by atoms with Crippen LogP contribution in [-0.2, 0) is 0 Å². The molecule has 2 fully saturated rings. The molecule has 2 aliphatic rings. The van der Waals surface area contributed by atoms with Crippen LogP contribution in [0.4, 0.5) is 0 Å². The van der Waals surface area contributed by atoms with Crippen LogP contribution < -0.4 is 0 Å². The Hall–Kier alpha value is -0.350. The van der Waals surface area contributed by atoms with E-state index in [0.717, 1.165) is 17.7 Å². The minimum absolute atomic E-state index is 0.259. The van der Waals surface area contributed by atoms with Crippen molar-refractivity contribution >= 4 is 33.2 Å². The summed E-state index contributed by atoms with van der Waals surface area (Å²) in [7, 11) is 0. The molecule has 2 aliphatic heterocycles. The van der Waals surface area contributed by atoms with E-state index in [0.29, 0.717) is 16.9 Å². The monoisotopic (exact) mass is 313 g/mol. The Balaban J connectivity index is 1.83. The second kappa shape index (κ2) is 4.39. The fraction of sp³-hybridized carbons (Fsp3) is 0.615. The third kappa shape index (κ3) is 2.06. The van der Waals surface area contributed by atoms with Gasteiger partial charge in [0, 0.05) is 21.8 Å². The van der Waals surface area contributed by atoms with Crippen molar-refractivity contribution in [3.05, 3.63) is 21.9 Å². The van der Waals surface area contributed by atoms with Crippen molar-refractivity contribution in [2.24, 2.45) is 0 Å². The number of hydrogen-bond acceptors (Lipinski definition) is 2. The molecule has 3 rings (SSSR count). The van der Waals surface area contributed by atoms with Gasteiger partial charge < -0.3 is 4.90 Å². The van der Waals surface area contributed by atoms with Crippen LogP contribution in [0.15, 0.2) is 12.1 Å². The van der Waals surface area contributed by atoms with Crippen LogP contribution >= 0.6 is 27.3 Å². The Morgan fingerprint density at radius 3 is 2.53 bits per heavy atom. The van der Waals surface area contributed by atoms with Gasteiger partial charge in [0.1, 0.15) is 0 Å². The molecule has 2 unspecified atom stereocenters. The van der Waals surface area contributed by atoms with E-state index in [2.05, 4.69) is 27.8 Å². The molecule has 3 heterocycles. The number of hydrogen-bond donors (Lipinski definition) is 0. The molecule has 0 aliphatic carbocycles. The average molecular weight is 314 g/mol. The minimum Gasteiger partial charge on any atom is -0.332 e. The Bertz CT molecular complexity index is 430. The molecule has 2 atom stereocenters. The van der Waals surface area contributed by atoms with Crippen molar-refractivity contribution < 1.29 is 4.79 Å². The first-order chi connectivity index (χ1) is 8.15. The maximum Gasteiger partial charge on any atom is 0.264 e. The van der Waals surface area contributed by atoms with Crippen molar-refractivity contribution in [2.45, 2.75) is 49.5 Å². The highest BCUT2D eigenvalue weighted by atomic mass is 79.9. The molecule has 2 saturated heterocycles. The number of carbonyl (C=O) groups excluding carboxylic acids is 1. The second-order valence-electron chi connectivity index (χ2n) is 5.08. The van der Waals surface area contributed by atoms with E-state index in [1.165, 1.54) is 17.7 Å². The zero-order valence-electron chi connectivity index (χ0n) is 9.86. The van der Waals surface area contributed by atoms with Gasteiger partial charge in [0.15, 0.2) is 0 Å². The first-order valence-corrected chi connectivity index (χ1v) is 7.91. The number of amides is 1. The number of rotatable bonds is 1. The van der Waals surface area contributed by atoms with Crippen LogP contribution in [0, 0.1) is 6.92 Å². The molecule has 0 spiro atoms. The molecule has 1 amide bonds. The predicted octanol–water partition coefficient (Wildman–Crippen LogP) is 3.59. The maximum absolute atomic E-state index is 12.5. The fourth-order valence-electron chi connectivity index (χ4n) is 3.12. The highest BCUT2D eigenvalue weighted by Crippen LogP contribution is 2.39. The summed E-state index contributed by atoms with van der Waals surface area (Å²) in [6, 6.07) is 4.94. The summed E-state index contributed by atoms with van der Waals surface area (Å²) >= 11 is 5.33. The Labute approximate surface area is 114 Å². The van der Waals surface area contributed by atoms with Crippen molar-refractivity contribution in [1.82, 2.24) is 4.90 Å². The summed E-state index contributed by atoms with van der Waals surface area (Å²) in [5.74, 6) is 0.259. The summed E-state index contributed by atoms with van der Waals surface area (Å²) in [4.78, 5) is 17.4. The molecule has 0 radical (unpaired) electrons. The SMILES string of the molecule is Cc1ccc(C(=O)N2C3CCC2CC(Br)C3)s1. The first-order valence-electron chi connectivity index (χ1n) is 6.18. The normalized spacial score (nSPS) is 31.9. The fourth-order valence-corrected chi connectivity index (χ4v) is 4.79. The number of halogens is 1. The zero-order chi connectivity index (χ0) is 12.0. The van der Waals surface area contributed by atoms with Gasteiger partial charge >= 0.3 is 0 Å². The van der Waals surface area contributed by atoms with Crippen LogP contribution in [0.2, 0.25) is 0 Å². The first kappa shape index (κ1) is 11.7. The number of thiophene rings is 1. The highest BCUT2D eigenvalue weighted by molar-refractivity contribution is 9.09. The molecule has 4 heteroatoms. The summed E-state index contributed by atoms with van der Waals surface area (Å²) in [5, 5.41) is 0. The van der Waals surface area contributed by atoms with E-state index in [9.17, 15) is 4.79 Å². The van der Waals surface area contributed by atoms with E-state index >= 15 is 0 Å². The third-order valence-corrected chi connectivity index (χ3v) is 5.60. The summed E-state index contributed by atoms with van der Waals surface area (Å²) in [6.07, 6.45) is 4.60. The lowest BCUT2D eigenvalue weighted by atomic mass is 10.0. The molecule has 1 aromatic rings. The van der Waals surface area contributed by atoms with Crippen molar-refractivity contribution in [3.8, 4) is 0 Å². The molecule has 17 heavy (non-hydrogen) atoms. The van der Waals surface area contributed by atoms with Crippen molar-refractivity contribution in [1.29, 1.82) is 0 Å². The summed E-state index contributed by atoms with van der Waals surface area (Å²) < 4.78 is 0. The lowest BCUT2D eigenvalue weighted by Crippen LogP contribution is -2.46. The van der Waals surface area contributed by atoms with Crippen LogP contribution in [0.5, 0.6) is 0 Å². The molecular formula is C13H16BrNOS. The number of fused-ring (bicyclic) bond motifs is 2. The van der Waals surface area contributed by atoms with Gasteiger partial charge in [-0.15, -0.1) is 11.3 Å². The molecule has 1 aromatic heterocycles. The number of carbonyl (C=O) groups is 1. The largest absolute Gasteiger partial charge is 0.332 e. The predicted molar refractivity (Wildman–Crippen MR) is 74.0 cm³/mol. The molecule has 2 nitrogen and oxygen atoms in total. The van der Waals surface area contributed by atoms with E-state index in [1.54, 1.807) is 11.3 Å². The van der Waals surface area contributed by atoms with Gasteiger partial charge in [-0.25, -0.2) is 0 Å². The maximum atomic E-state index is 12.5. The van der Waals surface area contributed by atoms with Gasteiger partial charge in [0.25, 0.3) is 5.91 Å². The van der Waals surface area contributed by atoms with E-state index < -0.39 is 0 Å². The molecule has 0 aromatic carbocycles. The zero-order valence-corrected chi connectivity index (χ0v) is 12.3. The smallest absolute Gasteiger partial charge is 0.264 e. The Morgan fingerprint density at radius 2 is 2.00 bits per heavy atom. The molecule has 0 saturated carbocycles. The van der Waals surface area contributed by atoms with Gasteiger partial charge in [-0.1, -0.05) is 15.9 Å². The third-order valence-electron chi connectivity index (χ3n) is 3.86. The van der Waals surface area contributed by atoms with Gasteiger partial charge in [0.05, 0.1) is 4.88 Å².